The van der Waals surface area contributed by atoms with Gasteiger partial charge in [0.25, 0.3) is 5.91 Å². The van der Waals surface area contributed by atoms with Gasteiger partial charge in [-0.15, -0.1) is 0 Å². The van der Waals surface area contributed by atoms with Crippen molar-refractivity contribution in [1.82, 2.24) is 0 Å². The smallest absolute Gasteiger partial charge is 0.268 e. The molecular formula is C10H10ClNO. The van der Waals surface area contributed by atoms with Gasteiger partial charge in [0, 0.05) is 12.7 Å². The van der Waals surface area contributed by atoms with Crippen molar-refractivity contribution < 1.29 is 4.79 Å². The topological polar surface area (TPSA) is 20.3 Å². The molecule has 13 heavy (non-hydrogen) atoms. The predicted molar refractivity (Wildman–Crippen MR) is 54.8 cm³/mol. The molecule has 3 heteroatoms. The van der Waals surface area contributed by atoms with Crippen LogP contribution in [0.1, 0.15) is 0 Å². The van der Waals surface area contributed by atoms with Gasteiger partial charge in [-0.1, -0.05) is 36.4 Å². The first kappa shape index (κ1) is 9.81. The fourth-order valence-electron chi connectivity index (χ4n) is 0.951. The van der Waals surface area contributed by atoms with Crippen LogP contribution in [0.2, 0.25) is 0 Å². The molecule has 0 aliphatic heterocycles. The summed E-state index contributed by atoms with van der Waals surface area (Å²) in [6.07, 6.45) is 0. The van der Waals surface area contributed by atoms with Crippen LogP contribution in [0.3, 0.4) is 0 Å². The number of carbonyl (C=O) groups is 1. The van der Waals surface area contributed by atoms with Crippen molar-refractivity contribution in [2.45, 2.75) is 0 Å². The van der Waals surface area contributed by atoms with Gasteiger partial charge in [0.2, 0.25) is 0 Å². The lowest BCUT2D eigenvalue weighted by atomic mass is 10.3. The van der Waals surface area contributed by atoms with Crippen LogP contribution in [0.5, 0.6) is 0 Å². The first-order valence-corrected chi connectivity index (χ1v) is 4.18. The lowest BCUT2D eigenvalue weighted by Gasteiger charge is -2.15. The van der Waals surface area contributed by atoms with Crippen LogP contribution in [0.15, 0.2) is 41.9 Å². The van der Waals surface area contributed by atoms with E-state index < -0.39 is 0 Å². The van der Waals surface area contributed by atoms with Crippen molar-refractivity contribution in [3.05, 3.63) is 41.9 Å². The Bertz CT molecular complexity index is 321. The predicted octanol–water partition coefficient (Wildman–Crippen LogP) is 2.40. The van der Waals surface area contributed by atoms with E-state index in [1.807, 2.05) is 30.3 Å². The molecule has 1 aromatic rings. The number of halogens is 1. The van der Waals surface area contributed by atoms with E-state index in [-0.39, 0.29) is 10.9 Å². The normalized spacial score (nSPS) is 9.38. The zero-order valence-electron chi connectivity index (χ0n) is 7.33. The molecule has 0 aliphatic rings. The molecule has 0 unspecified atom stereocenters. The number of benzene rings is 1. The van der Waals surface area contributed by atoms with Crippen LogP contribution >= 0.6 is 11.6 Å². The third-order valence-corrected chi connectivity index (χ3v) is 1.84. The summed E-state index contributed by atoms with van der Waals surface area (Å²) in [5.74, 6) is -0.284. The van der Waals surface area contributed by atoms with Gasteiger partial charge in [-0.3, -0.25) is 4.79 Å². The summed E-state index contributed by atoms with van der Waals surface area (Å²) < 4.78 is 0. The molecule has 1 amide bonds. The molecule has 2 nitrogen and oxygen atoms in total. The van der Waals surface area contributed by atoms with Crippen molar-refractivity contribution in [2.75, 3.05) is 11.9 Å². The van der Waals surface area contributed by atoms with E-state index in [1.165, 1.54) is 4.90 Å². The highest BCUT2D eigenvalue weighted by molar-refractivity contribution is 6.43. The third kappa shape index (κ3) is 2.33. The number of rotatable bonds is 2. The molecule has 1 aromatic carbocycles. The molecule has 0 saturated heterocycles. The zero-order valence-corrected chi connectivity index (χ0v) is 8.08. The van der Waals surface area contributed by atoms with E-state index in [0.29, 0.717) is 0 Å². The average molecular weight is 196 g/mol. The third-order valence-electron chi connectivity index (χ3n) is 1.68. The van der Waals surface area contributed by atoms with E-state index >= 15 is 0 Å². The highest BCUT2D eigenvalue weighted by Gasteiger charge is 2.11. The molecule has 0 spiro atoms. The fraction of sp³-hybridized carbons (Fsp3) is 0.100. The molecule has 0 heterocycles. The Morgan fingerprint density at radius 2 is 1.92 bits per heavy atom. The Balaban J connectivity index is 2.86. The first-order valence-electron chi connectivity index (χ1n) is 3.80. The summed E-state index contributed by atoms with van der Waals surface area (Å²) in [5.41, 5.74) is 0.800. The monoisotopic (exact) mass is 195 g/mol. The lowest BCUT2D eigenvalue weighted by Crippen LogP contribution is -2.25. The quantitative estimate of drug-likeness (QED) is 0.664. The largest absolute Gasteiger partial charge is 0.311 e. The minimum atomic E-state index is -0.284. The van der Waals surface area contributed by atoms with Gasteiger partial charge < -0.3 is 4.90 Å². The van der Waals surface area contributed by atoms with Crippen LogP contribution < -0.4 is 4.90 Å². The number of amides is 1. The van der Waals surface area contributed by atoms with Gasteiger partial charge in [0.1, 0.15) is 0 Å². The molecule has 0 fully saturated rings. The van der Waals surface area contributed by atoms with Crippen LogP contribution in [0.4, 0.5) is 5.69 Å². The Labute approximate surface area is 82.4 Å². The first-order chi connectivity index (χ1) is 6.13. The number of hydrogen-bond donors (Lipinski definition) is 0. The SMILES string of the molecule is C=C(Cl)C(=O)N(C)c1ccccc1. The standard InChI is InChI=1S/C10H10ClNO/c1-8(11)10(13)12(2)9-6-4-3-5-7-9/h3-7H,1H2,2H3. The molecule has 0 N–H and O–H groups in total. The second kappa shape index (κ2) is 4.10. The highest BCUT2D eigenvalue weighted by atomic mass is 35.5. The summed E-state index contributed by atoms with van der Waals surface area (Å²) in [6.45, 7) is 3.38. The summed E-state index contributed by atoms with van der Waals surface area (Å²) in [6, 6.07) is 9.26. The minimum absolute atomic E-state index is 0.0198. The van der Waals surface area contributed by atoms with E-state index in [4.69, 9.17) is 11.6 Å². The van der Waals surface area contributed by atoms with Crippen molar-refractivity contribution in [1.29, 1.82) is 0 Å². The van der Waals surface area contributed by atoms with Gasteiger partial charge in [0.05, 0.1) is 5.03 Å². The van der Waals surface area contributed by atoms with Gasteiger partial charge in [-0.25, -0.2) is 0 Å². The molecule has 68 valence electrons. The van der Waals surface area contributed by atoms with E-state index in [2.05, 4.69) is 6.58 Å². The minimum Gasteiger partial charge on any atom is -0.311 e. The maximum Gasteiger partial charge on any atom is 0.268 e. The summed E-state index contributed by atoms with van der Waals surface area (Å²) >= 11 is 5.49. The average Bonchev–Trinajstić information content (AvgIpc) is 2.17. The van der Waals surface area contributed by atoms with Gasteiger partial charge in [0.15, 0.2) is 0 Å². The van der Waals surface area contributed by atoms with Crippen molar-refractivity contribution in [2.24, 2.45) is 0 Å². The molecule has 0 atom stereocenters. The second-order valence-corrected chi connectivity index (χ2v) is 3.06. The lowest BCUT2D eigenvalue weighted by molar-refractivity contribution is -0.114. The number of carbonyl (C=O) groups excluding carboxylic acids is 1. The molecule has 0 radical (unpaired) electrons. The Kier molecular flexibility index (Phi) is 3.09. The number of anilines is 1. The van der Waals surface area contributed by atoms with Crippen LogP contribution in [-0.2, 0) is 4.79 Å². The van der Waals surface area contributed by atoms with Crippen molar-refractivity contribution >= 4 is 23.2 Å². The summed E-state index contributed by atoms with van der Waals surface area (Å²) in [4.78, 5) is 12.8. The molecule has 1 rings (SSSR count). The van der Waals surface area contributed by atoms with Crippen LogP contribution in [0.25, 0.3) is 0 Å². The highest BCUT2D eigenvalue weighted by Crippen LogP contribution is 2.14. The van der Waals surface area contributed by atoms with Crippen LogP contribution in [-0.4, -0.2) is 13.0 Å². The van der Waals surface area contributed by atoms with Crippen molar-refractivity contribution in [3.8, 4) is 0 Å². The van der Waals surface area contributed by atoms with Gasteiger partial charge >= 0.3 is 0 Å². The van der Waals surface area contributed by atoms with Gasteiger partial charge in [-0.2, -0.15) is 0 Å². The molecule has 0 saturated carbocycles. The van der Waals surface area contributed by atoms with E-state index in [0.717, 1.165) is 5.69 Å². The second-order valence-electron chi connectivity index (χ2n) is 2.60. The number of hydrogen-bond acceptors (Lipinski definition) is 1. The number of para-hydroxylation sites is 1. The fourth-order valence-corrected chi connectivity index (χ4v) is 1.08. The zero-order chi connectivity index (χ0) is 9.84. The molecule has 0 aliphatic carbocycles. The maximum atomic E-state index is 11.3. The van der Waals surface area contributed by atoms with E-state index in [9.17, 15) is 4.79 Å². The van der Waals surface area contributed by atoms with Crippen molar-refractivity contribution in [3.63, 3.8) is 0 Å². The van der Waals surface area contributed by atoms with Gasteiger partial charge in [-0.05, 0) is 12.1 Å². The Morgan fingerprint density at radius 3 is 2.38 bits per heavy atom. The summed E-state index contributed by atoms with van der Waals surface area (Å²) in [7, 11) is 1.66. The Hall–Kier alpha value is -1.28. The van der Waals surface area contributed by atoms with Crippen LogP contribution in [0, 0.1) is 0 Å². The molecule has 0 aromatic heterocycles. The molecule has 0 bridgehead atoms. The molecular weight excluding hydrogens is 186 g/mol. The number of likely N-dealkylation sites (N-methyl/N-ethyl adjacent to an activating group) is 1. The Morgan fingerprint density at radius 1 is 1.38 bits per heavy atom. The maximum absolute atomic E-state index is 11.3. The van der Waals surface area contributed by atoms with E-state index in [1.54, 1.807) is 7.05 Å². The summed E-state index contributed by atoms with van der Waals surface area (Å²) in [5, 5.41) is 0.0198. The number of nitrogens with zero attached hydrogens (tertiary/aromatic N) is 1.